The van der Waals surface area contributed by atoms with Crippen molar-refractivity contribution < 1.29 is 24.5 Å². The van der Waals surface area contributed by atoms with Crippen molar-refractivity contribution in [1.29, 1.82) is 0 Å². The van der Waals surface area contributed by atoms with Crippen LogP contribution in [0.5, 0.6) is 5.88 Å². The lowest BCUT2D eigenvalue weighted by molar-refractivity contribution is -0.159. The molecule has 1 atom stereocenters. The van der Waals surface area contributed by atoms with Gasteiger partial charge >= 0.3 is 11.9 Å². The summed E-state index contributed by atoms with van der Waals surface area (Å²) in [5.74, 6) is -2.97. The Labute approximate surface area is 158 Å². The fourth-order valence-corrected chi connectivity index (χ4v) is 3.49. The van der Waals surface area contributed by atoms with Crippen LogP contribution in [-0.4, -0.2) is 50.1 Å². The van der Waals surface area contributed by atoms with Gasteiger partial charge in [0.1, 0.15) is 5.69 Å². The second-order valence-electron chi connectivity index (χ2n) is 5.38. The van der Waals surface area contributed by atoms with Crippen molar-refractivity contribution in [3.05, 3.63) is 34.2 Å². The highest BCUT2D eigenvalue weighted by atomic mass is 32.1. The molecule has 8 nitrogen and oxygen atoms in total. The molecule has 1 aliphatic heterocycles. The Morgan fingerprint density at radius 1 is 1.35 bits per heavy atom. The smallest absolute Gasteiger partial charge is 0.414 e. The van der Waals surface area contributed by atoms with E-state index in [9.17, 15) is 0 Å². The Morgan fingerprint density at radius 3 is 2.73 bits per heavy atom. The van der Waals surface area contributed by atoms with E-state index in [2.05, 4.69) is 43.9 Å². The minimum Gasteiger partial charge on any atom is -0.475 e. The molecule has 0 spiro atoms. The van der Waals surface area contributed by atoms with E-state index in [0.717, 1.165) is 25.1 Å². The van der Waals surface area contributed by atoms with Crippen LogP contribution in [-0.2, 0) is 16.0 Å². The zero-order valence-electron chi connectivity index (χ0n) is 14.0. The maximum Gasteiger partial charge on any atom is 0.414 e. The molecule has 3 rings (SSSR count). The van der Waals surface area contributed by atoms with Crippen molar-refractivity contribution in [2.24, 2.45) is 0 Å². The van der Waals surface area contributed by atoms with Crippen LogP contribution < -0.4 is 10.1 Å². The third kappa shape index (κ3) is 5.90. The normalized spacial score (nSPS) is 16.2. The van der Waals surface area contributed by atoms with E-state index in [-0.39, 0.29) is 0 Å². The molecule has 0 amide bonds. The summed E-state index contributed by atoms with van der Waals surface area (Å²) in [6.07, 6.45) is 4.18. The Balaban J connectivity index is 0.000000352. The molecule has 2 aromatic rings. The molecule has 10 heteroatoms. The zero-order valence-corrected chi connectivity index (χ0v) is 15.7. The lowest BCUT2D eigenvalue weighted by atomic mass is 10.0. The van der Waals surface area contributed by atoms with Gasteiger partial charge in [0, 0.05) is 12.5 Å². The van der Waals surface area contributed by atoms with Crippen molar-refractivity contribution in [3.8, 4) is 5.88 Å². The van der Waals surface area contributed by atoms with E-state index < -0.39 is 11.9 Å². The quantitative estimate of drug-likeness (QED) is 0.656. The predicted molar refractivity (Wildman–Crippen MR) is 98.8 cm³/mol. The Morgan fingerprint density at radius 2 is 2.12 bits per heavy atom. The first-order valence-electron chi connectivity index (χ1n) is 7.85. The van der Waals surface area contributed by atoms with E-state index >= 15 is 0 Å². The van der Waals surface area contributed by atoms with Gasteiger partial charge in [-0.1, -0.05) is 6.08 Å². The summed E-state index contributed by atoms with van der Waals surface area (Å²) in [5.41, 5.74) is 3.42. The monoisotopic (exact) mass is 397 g/mol. The SMILES string of the molecule is CC1NCCC=C1c1nsnc1OCCc1ccsc1.O=C(O)C(=O)O. The molecule has 0 radical (unpaired) electrons. The van der Waals surface area contributed by atoms with Crippen molar-refractivity contribution in [1.82, 2.24) is 14.1 Å². The first kappa shape index (κ1) is 20.0. The summed E-state index contributed by atoms with van der Waals surface area (Å²) in [4.78, 5) is 18.2. The summed E-state index contributed by atoms with van der Waals surface area (Å²) in [5, 5.41) is 22.5. The molecular weight excluding hydrogens is 378 g/mol. The number of aliphatic carboxylic acids is 2. The van der Waals surface area contributed by atoms with Crippen LogP contribution >= 0.6 is 23.1 Å². The second-order valence-corrected chi connectivity index (χ2v) is 6.69. The minimum absolute atomic E-state index is 0.312. The molecule has 0 saturated heterocycles. The summed E-state index contributed by atoms with van der Waals surface area (Å²) in [6.45, 7) is 3.82. The number of thiophene rings is 1. The second kappa shape index (κ2) is 10.00. The van der Waals surface area contributed by atoms with Gasteiger partial charge in [0.25, 0.3) is 5.88 Å². The predicted octanol–water partition coefficient (Wildman–Crippen LogP) is 2.14. The average Bonchev–Trinajstić information content (AvgIpc) is 3.28. The molecule has 0 bridgehead atoms. The highest BCUT2D eigenvalue weighted by Gasteiger charge is 2.21. The first-order chi connectivity index (χ1) is 12.5. The van der Waals surface area contributed by atoms with E-state index in [1.807, 2.05) is 0 Å². The van der Waals surface area contributed by atoms with Gasteiger partial charge in [-0.3, -0.25) is 0 Å². The number of carbonyl (C=O) groups is 2. The maximum absolute atomic E-state index is 9.10. The maximum atomic E-state index is 9.10. The number of carboxylic acid groups (broad SMARTS) is 2. The minimum atomic E-state index is -1.82. The number of nitrogens with one attached hydrogen (secondary N) is 1. The number of nitrogens with zero attached hydrogens (tertiary/aromatic N) is 2. The topological polar surface area (TPSA) is 122 Å². The molecule has 1 unspecified atom stereocenters. The van der Waals surface area contributed by atoms with Crippen LogP contribution in [0.3, 0.4) is 0 Å². The van der Waals surface area contributed by atoms with E-state index in [0.29, 0.717) is 18.5 Å². The standard InChI is InChI=1S/C14H17N3OS2.C2H2O4/c1-10-12(3-2-6-15-10)13-14(17-20-16-13)18-7-4-11-5-8-19-9-11;3-1(4)2(5)6/h3,5,8-10,15H,2,4,6-7H2,1H3;(H,3,4)(H,5,6). The fraction of sp³-hybridized carbons (Fsp3) is 0.375. The van der Waals surface area contributed by atoms with Crippen LogP contribution in [0.25, 0.3) is 5.57 Å². The van der Waals surface area contributed by atoms with Gasteiger partial charge in [-0.05, 0) is 47.9 Å². The number of carboxylic acids is 2. The largest absolute Gasteiger partial charge is 0.475 e. The van der Waals surface area contributed by atoms with E-state index in [1.54, 1.807) is 11.3 Å². The molecule has 0 aliphatic carbocycles. The van der Waals surface area contributed by atoms with Crippen molar-refractivity contribution in [2.75, 3.05) is 13.2 Å². The Hall–Kier alpha value is -2.30. The van der Waals surface area contributed by atoms with Crippen molar-refractivity contribution >= 4 is 40.6 Å². The molecule has 3 N–H and O–H groups in total. The molecule has 2 aromatic heterocycles. The van der Waals surface area contributed by atoms with E-state index in [4.69, 9.17) is 24.5 Å². The van der Waals surface area contributed by atoms with Gasteiger partial charge < -0.3 is 20.3 Å². The summed E-state index contributed by atoms with van der Waals surface area (Å²) in [7, 11) is 0. The van der Waals surface area contributed by atoms with Gasteiger partial charge in [-0.25, -0.2) is 9.59 Å². The van der Waals surface area contributed by atoms with Crippen LogP contribution in [0.4, 0.5) is 0 Å². The van der Waals surface area contributed by atoms with Crippen LogP contribution in [0, 0.1) is 0 Å². The zero-order chi connectivity index (χ0) is 18.9. The third-order valence-electron chi connectivity index (χ3n) is 3.55. The highest BCUT2D eigenvalue weighted by Crippen LogP contribution is 2.28. The van der Waals surface area contributed by atoms with Gasteiger partial charge in [-0.2, -0.15) is 15.7 Å². The molecule has 26 heavy (non-hydrogen) atoms. The molecule has 0 saturated carbocycles. The summed E-state index contributed by atoms with van der Waals surface area (Å²) in [6, 6.07) is 2.44. The van der Waals surface area contributed by atoms with Gasteiger partial charge in [-0.15, -0.1) is 4.37 Å². The molecular formula is C16H19N3O5S2. The van der Waals surface area contributed by atoms with Gasteiger partial charge in [0.05, 0.1) is 18.3 Å². The Kier molecular flexibility index (Phi) is 7.70. The lowest BCUT2D eigenvalue weighted by Crippen LogP contribution is -2.31. The summed E-state index contributed by atoms with van der Waals surface area (Å²) < 4.78 is 14.5. The number of ether oxygens (including phenoxy) is 1. The highest BCUT2D eigenvalue weighted by molar-refractivity contribution is 7.07. The van der Waals surface area contributed by atoms with Crippen LogP contribution in [0.2, 0.25) is 0 Å². The van der Waals surface area contributed by atoms with Crippen molar-refractivity contribution in [2.45, 2.75) is 25.8 Å². The number of hydrogen-bond acceptors (Lipinski definition) is 8. The molecule has 0 fully saturated rings. The van der Waals surface area contributed by atoms with Crippen LogP contribution in [0.15, 0.2) is 22.9 Å². The average molecular weight is 397 g/mol. The molecule has 3 heterocycles. The van der Waals surface area contributed by atoms with E-state index in [1.165, 1.54) is 22.9 Å². The third-order valence-corrected chi connectivity index (χ3v) is 4.79. The number of rotatable bonds is 5. The summed E-state index contributed by atoms with van der Waals surface area (Å²) >= 11 is 2.93. The number of hydrogen-bond donors (Lipinski definition) is 3. The van der Waals surface area contributed by atoms with Gasteiger partial charge in [0.15, 0.2) is 0 Å². The number of aromatic nitrogens is 2. The molecule has 140 valence electrons. The lowest BCUT2D eigenvalue weighted by Gasteiger charge is -2.21. The fourth-order valence-electron chi connectivity index (χ4n) is 2.27. The van der Waals surface area contributed by atoms with Crippen LogP contribution in [0.1, 0.15) is 24.6 Å². The first-order valence-corrected chi connectivity index (χ1v) is 9.52. The molecule has 1 aliphatic rings. The molecule has 0 aromatic carbocycles. The van der Waals surface area contributed by atoms with Gasteiger partial charge in [0.2, 0.25) is 0 Å². The van der Waals surface area contributed by atoms with Crippen molar-refractivity contribution in [3.63, 3.8) is 0 Å². The Bertz CT molecular complexity index is 746.